The number of nitrogens with zero attached hydrogens (tertiary/aromatic N) is 1. The van der Waals surface area contributed by atoms with Crippen LogP contribution >= 0.6 is 0 Å². The van der Waals surface area contributed by atoms with Crippen LogP contribution in [0.25, 0.3) is 5.64 Å². The monoisotopic (exact) mass is 256 g/mol. The molecule has 0 N–H and O–H groups in total. The Morgan fingerprint density at radius 2 is 1.40 bits per heavy atom. The first-order chi connectivity index (χ1) is 7.25. The fourth-order valence-corrected chi connectivity index (χ4v) is 2.70. The smallest absolute Gasteiger partial charge is 0.289 e. The normalized spacial score (nSPS) is 43.5. The third-order valence-electron chi connectivity index (χ3n) is 2.23. The second-order valence-electron chi connectivity index (χ2n) is 3.19. The fraction of sp³-hybridized carbons (Fsp3) is 1.00. The van der Waals surface area contributed by atoms with Crippen LogP contribution in [0.15, 0.2) is 0 Å². The summed E-state index contributed by atoms with van der Waals surface area (Å²) < 4.78 is 40.8. The van der Waals surface area contributed by atoms with Crippen LogP contribution < -0.4 is 0 Å². The molecule has 7 nitrogen and oxygen atoms in total. The van der Waals surface area contributed by atoms with Gasteiger partial charge in [0.2, 0.25) is 0 Å². The first-order valence-corrected chi connectivity index (χ1v) is 6.49. The summed E-state index contributed by atoms with van der Waals surface area (Å²) in [4.78, 5) is 0. The quantitative estimate of drug-likeness (QED) is 0.635. The molecule has 15 heavy (non-hydrogen) atoms. The highest BCUT2D eigenvalue weighted by Crippen LogP contribution is 2.27. The lowest BCUT2D eigenvalue weighted by Crippen LogP contribution is -2.35. The van der Waals surface area contributed by atoms with Gasteiger partial charge in [0.25, 0.3) is 22.7 Å². The maximum atomic E-state index is 11.1. The molecule has 2 aliphatic rings. The Kier molecular flexibility index (Phi) is 4.20. The van der Waals surface area contributed by atoms with Gasteiger partial charge in [0.15, 0.2) is 0 Å². The molecule has 9 heteroatoms. The van der Waals surface area contributed by atoms with Crippen molar-refractivity contribution >= 4 is 22.7 Å². The molecular weight excluding hydrogens is 246 g/mol. The Balaban J connectivity index is 2.05. The Morgan fingerprint density at radius 3 is 1.87 bits per heavy atom. The average Bonchev–Trinajstić information content (AvgIpc) is 2.26. The van der Waals surface area contributed by atoms with E-state index in [1.807, 2.05) is 0 Å². The number of hydrogen-bond donors (Lipinski definition) is 0. The molecule has 1 aliphatic carbocycles. The van der Waals surface area contributed by atoms with Crippen LogP contribution in [0.2, 0.25) is 0 Å². The largest absolute Gasteiger partial charge is 0.371 e. The molecule has 0 aromatic heterocycles. The Hall–Kier alpha value is 0.1000. The van der Waals surface area contributed by atoms with E-state index in [-0.39, 0.29) is 12.2 Å². The molecular formula is C6H10NO6S2-. The summed E-state index contributed by atoms with van der Waals surface area (Å²) in [7, 11) is 0. The van der Waals surface area contributed by atoms with E-state index in [1.165, 1.54) is 0 Å². The molecule has 1 heterocycles. The van der Waals surface area contributed by atoms with E-state index >= 15 is 0 Å². The van der Waals surface area contributed by atoms with E-state index in [0.29, 0.717) is 12.8 Å². The molecule has 0 aromatic carbocycles. The molecule has 1 saturated heterocycles. The fourth-order valence-electron chi connectivity index (χ4n) is 1.58. The first kappa shape index (κ1) is 11.6. The van der Waals surface area contributed by atoms with Gasteiger partial charge in [-0.25, -0.2) is 0 Å². The summed E-state index contributed by atoms with van der Waals surface area (Å²) in [5.74, 6) is 0. The van der Waals surface area contributed by atoms with Gasteiger partial charge in [-0.1, -0.05) is 12.8 Å². The average molecular weight is 256 g/mol. The van der Waals surface area contributed by atoms with Gasteiger partial charge >= 0.3 is 0 Å². The zero-order chi connectivity index (χ0) is 10.7. The van der Waals surface area contributed by atoms with Crippen molar-refractivity contribution in [3.63, 3.8) is 0 Å². The van der Waals surface area contributed by atoms with Gasteiger partial charge in [0, 0.05) is 0 Å². The van der Waals surface area contributed by atoms with E-state index in [2.05, 4.69) is 14.2 Å². The summed E-state index contributed by atoms with van der Waals surface area (Å²) in [5.41, 5.74) is 2.86. The number of rotatable bonds is 0. The van der Waals surface area contributed by atoms with Crippen LogP contribution in [-0.4, -0.2) is 20.6 Å². The molecule has 0 radical (unpaired) electrons. The van der Waals surface area contributed by atoms with Gasteiger partial charge in [0.1, 0.15) is 12.2 Å². The van der Waals surface area contributed by atoms with Crippen molar-refractivity contribution in [2.24, 2.45) is 0 Å². The molecule has 4 atom stereocenters. The van der Waals surface area contributed by atoms with Crippen LogP contribution in [0.1, 0.15) is 25.7 Å². The minimum Gasteiger partial charge on any atom is -0.371 e. The molecule has 0 aromatic rings. The number of hydrogen-bond acceptors (Lipinski definition) is 6. The predicted octanol–water partition coefficient (Wildman–Crippen LogP) is 0.739. The molecule has 0 spiro atoms. The van der Waals surface area contributed by atoms with Crippen molar-refractivity contribution in [3.8, 4) is 0 Å². The standard InChI is InChI=1S/C6H10NO6S2/c8-14-10-5-3-1-2-4-6(5)11-15(9)13-7-12-14/h5-6H,1-4H2/q-1. The van der Waals surface area contributed by atoms with Crippen molar-refractivity contribution in [1.82, 2.24) is 0 Å². The maximum absolute atomic E-state index is 11.1. The molecule has 2 rings (SSSR count). The SMILES string of the molecule is O=S1O[N-]OS(=O)OC2CCCCC2O1. The third kappa shape index (κ3) is 3.28. The van der Waals surface area contributed by atoms with Crippen molar-refractivity contribution < 1.29 is 25.4 Å². The molecule has 1 saturated carbocycles. The molecule has 0 amide bonds. The van der Waals surface area contributed by atoms with Crippen LogP contribution in [0.5, 0.6) is 0 Å². The van der Waals surface area contributed by atoms with Gasteiger partial charge in [-0.15, -0.1) is 0 Å². The highest BCUT2D eigenvalue weighted by atomic mass is 32.2. The summed E-state index contributed by atoms with van der Waals surface area (Å²) in [6, 6.07) is 0. The minimum absolute atomic E-state index is 0.388. The van der Waals surface area contributed by atoms with Gasteiger partial charge in [0.05, 0.1) is 0 Å². The van der Waals surface area contributed by atoms with E-state index in [4.69, 9.17) is 8.37 Å². The molecule has 0 bridgehead atoms. The van der Waals surface area contributed by atoms with Crippen molar-refractivity contribution in [3.05, 3.63) is 5.64 Å². The predicted molar refractivity (Wildman–Crippen MR) is 50.0 cm³/mol. The van der Waals surface area contributed by atoms with Crippen LogP contribution in [0.3, 0.4) is 0 Å². The molecule has 88 valence electrons. The Labute approximate surface area is 92.0 Å². The van der Waals surface area contributed by atoms with Gasteiger partial charge in [-0.05, 0) is 12.8 Å². The summed E-state index contributed by atoms with van der Waals surface area (Å²) in [6.45, 7) is 0. The Bertz CT molecular complexity index is 248. The third-order valence-corrected chi connectivity index (χ3v) is 3.40. The van der Waals surface area contributed by atoms with E-state index in [0.717, 1.165) is 12.8 Å². The van der Waals surface area contributed by atoms with Crippen LogP contribution in [0, 0.1) is 0 Å². The summed E-state index contributed by atoms with van der Waals surface area (Å²) in [6.07, 6.45) is 2.51. The number of fused-ring (bicyclic) bond motifs is 1. The van der Waals surface area contributed by atoms with Gasteiger partial charge in [-0.2, -0.15) is 8.42 Å². The lowest BCUT2D eigenvalue weighted by atomic mass is 9.95. The topological polar surface area (TPSA) is 85.2 Å². The van der Waals surface area contributed by atoms with Crippen molar-refractivity contribution in [2.75, 3.05) is 0 Å². The Morgan fingerprint density at radius 1 is 0.933 bits per heavy atom. The zero-order valence-corrected chi connectivity index (χ0v) is 9.33. The van der Waals surface area contributed by atoms with Crippen molar-refractivity contribution in [2.45, 2.75) is 37.9 Å². The highest BCUT2D eigenvalue weighted by molar-refractivity contribution is 7.76. The van der Waals surface area contributed by atoms with Crippen LogP contribution in [-0.2, 0) is 39.7 Å². The molecule has 1 aliphatic heterocycles. The zero-order valence-electron chi connectivity index (χ0n) is 7.70. The maximum Gasteiger partial charge on any atom is 0.289 e. The second kappa shape index (κ2) is 5.43. The van der Waals surface area contributed by atoms with E-state index in [9.17, 15) is 8.42 Å². The lowest BCUT2D eigenvalue weighted by Gasteiger charge is -2.28. The minimum atomic E-state index is -2.02. The van der Waals surface area contributed by atoms with Gasteiger partial charge < -0.3 is 14.2 Å². The van der Waals surface area contributed by atoms with E-state index in [1.54, 1.807) is 0 Å². The van der Waals surface area contributed by atoms with Crippen molar-refractivity contribution in [1.29, 1.82) is 0 Å². The highest BCUT2D eigenvalue weighted by Gasteiger charge is 2.31. The molecule has 4 unspecified atom stereocenters. The lowest BCUT2D eigenvalue weighted by molar-refractivity contribution is 0.0335. The van der Waals surface area contributed by atoms with Crippen LogP contribution in [0.4, 0.5) is 0 Å². The van der Waals surface area contributed by atoms with Gasteiger partial charge in [-0.3, -0.25) is 8.37 Å². The molecule has 2 fully saturated rings. The summed E-state index contributed by atoms with van der Waals surface area (Å²) in [5, 5.41) is 0. The summed E-state index contributed by atoms with van der Waals surface area (Å²) >= 11 is -4.04. The van der Waals surface area contributed by atoms with E-state index < -0.39 is 22.7 Å². The second-order valence-corrected chi connectivity index (χ2v) is 4.69. The first-order valence-electron chi connectivity index (χ1n) is 4.49.